The predicted octanol–water partition coefficient (Wildman–Crippen LogP) is 5.16. The lowest BCUT2D eigenvalue weighted by Crippen LogP contribution is -2.50. The number of nitrogens with one attached hydrogen (secondary N) is 2. The summed E-state index contributed by atoms with van der Waals surface area (Å²) >= 11 is 12.6. The van der Waals surface area contributed by atoms with E-state index < -0.39 is 0 Å². The lowest BCUT2D eigenvalue weighted by Gasteiger charge is -2.37. The molecule has 7 heteroatoms. The summed E-state index contributed by atoms with van der Waals surface area (Å²) in [7, 11) is 0. The number of rotatable bonds is 5. The van der Waals surface area contributed by atoms with E-state index in [0.29, 0.717) is 16.1 Å². The maximum atomic E-state index is 12.1. The number of hydrogen-bond donors (Lipinski definition) is 2. The molecule has 1 aromatic carbocycles. The first-order valence-electron chi connectivity index (χ1n) is 11.2. The van der Waals surface area contributed by atoms with E-state index in [0.717, 1.165) is 57.2 Å². The number of benzene rings is 1. The van der Waals surface area contributed by atoms with E-state index >= 15 is 0 Å². The first-order chi connectivity index (χ1) is 14.2. The minimum atomic E-state index is -0.191. The maximum absolute atomic E-state index is 12.1. The molecule has 0 aromatic heterocycles. The van der Waals surface area contributed by atoms with Gasteiger partial charge < -0.3 is 15.5 Å². The van der Waals surface area contributed by atoms with Crippen molar-refractivity contribution in [2.75, 3.05) is 37.6 Å². The van der Waals surface area contributed by atoms with Crippen LogP contribution in [0.5, 0.6) is 0 Å². The van der Waals surface area contributed by atoms with Crippen LogP contribution in [0.15, 0.2) is 18.2 Å². The van der Waals surface area contributed by atoms with Gasteiger partial charge in [-0.15, -0.1) is 0 Å². The fourth-order valence-corrected chi connectivity index (χ4v) is 4.89. The summed E-state index contributed by atoms with van der Waals surface area (Å²) in [5.74, 6) is 0.772. The lowest BCUT2D eigenvalue weighted by atomic mass is 9.84. The molecule has 30 heavy (non-hydrogen) atoms. The summed E-state index contributed by atoms with van der Waals surface area (Å²) in [5.41, 5.74) is 0.855. The van der Waals surface area contributed by atoms with Crippen molar-refractivity contribution in [1.29, 1.82) is 0 Å². The number of amides is 2. The molecule has 0 atom stereocenters. The first-order valence-corrected chi connectivity index (χ1v) is 12.0. The summed E-state index contributed by atoms with van der Waals surface area (Å²) in [6.07, 6.45) is 5.84. The Bertz CT molecular complexity index is 706. The van der Waals surface area contributed by atoms with Crippen molar-refractivity contribution in [3.8, 4) is 0 Å². The van der Waals surface area contributed by atoms with E-state index in [4.69, 9.17) is 23.2 Å². The van der Waals surface area contributed by atoms with Gasteiger partial charge in [-0.25, -0.2) is 4.79 Å². The molecule has 1 saturated heterocycles. The van der Waals surface area contributed by atoms with Gasteiger partial charge in [0.05, 0.1) is 15.7 Å². The summed E-state index contributed by atoms with van der Waals surface area (Å²) in [6, 6.07) is 6.13. The fraction of sp³-hybridized carbons (Fsp3) is 0.696. The molecule has 2 aliphatic rings. The molecule has 168 valence electrons. The Balaban J connectivity index is 1.34. The van der Waals surface area contributed by atoms with E-state index in [1.807, 2.05) is 32.9 Å². The third kappa shape index (κ3) is 6.93. The molecule has 1 aromatic rings. The molecular weight excluding hydrogens is 419 g/mol. The van der Waals surface area contributed by atoms with Gasteiger partial charge in [0.2, 0.25) is 0 Å². The van der Waals surface area contributed by atoms with E-state index in [1.54, 1.807) is 0 Å². The molecule has 0 unspecified atom stereocenters. The minimum Gasteiger partial charge on any atom is -0.368 e. The summed E-state index contributed by atoms with van der Waals surface area (Å²) in [5, 5.41) is 7.42. The number of anilines is 1. The third-order valence-electron chi connectivity index (χ3n) is 6.17. The number of halogens is 2. The van der Waals surface area contributed by atoms with E-state index in [1.165, 1.54) is 19.3 Å². The van der Waals surface area contributed by atoms with Crippen molar-refractivity contribution in [3.63, 3.8) is 0 Å². The number of nitrogens with zero attached hydrogens (tertiary/aromatic N) is 2. The highest BCUT2D eigenvalue weighted by Crippen LogP contribution is 2.33. The van der Waals surface area contributed by atoms with Crippen LogP contribution in [0.25, 0.3) is 0 Å². The van der Waals surface area contributed by atoms with E-state index in [-0.39, 0.29) is 11.6 Å². The molecule has 2 fully saturated rings. The highest BCUT2D eigenvalue weighted by atomic mass is 35.5. The van der Waals surface area contributed by atoms with E-state index in [9.17, 15) is 4.79 Å². The molecule has 2 amide bonds. The topological polar surface area (TPSA) is 47.6 Å². The molecule has 2 N–H and O–H groups in total. The molecule has 1 heterocycles. The second-order valence-corrected chi connectivity index (χ2v) is 10.5. The molecular formula is C23H36Cl2N4O. The first kappa shape index (κ1) is 23.5. The highest BCUT2D eigenvalue weighted by molar-refractivity contribution is 6.43. The molecule has 1 aliphatic heterocycles. The molecule has 0 spiro atoms. The van der Waals surface area contributed by atoms with Crippen LogP contribution in [0.1, 0.15) is 52.9 Å². The number of piperazine rings is 1. The average molecular weight is 455 g/mol. The van der Waals surface area contributed by atoms with Crippen LogP contribution in [0.4, 0.5) is 10.5 Å². The van der Waals surface area contributed by atoms with Gasteiger partial charge in [-0.3, -0.25) is 4.90 Å². The van der Waals surface area contributed by atoms with Crippen LogP contribution in [-0.4, -0.2) is 55.2 Å². The summed E-state index contributed by atoms with van der Waals surface area (Å²) < 4.78 is 0. The highest BCUT2D eigenvalue weighted by Gasteiger charge is 2.25. The van der Waals surface area contributed by atoms with Crippen LogP contribution >= 0.6 is 23.2 Å². The van der Waals surface area contributed by atoms with Crippen molar-refractivity contribution in [1.82, 2.24) is 15.5 Å². The molecule has 3 rings (SSSR count). The van der Waals surface area contributed by atoms with Gasteiger partial charge in [-0.05, 0) is 77.5 Å². The van der Waals surface area contributed by atoms with Crippen LogP contribution < -0.4 is 15.5 Å². The molecule has 5 nitrogen and oxygen atoms in total. The number of hydrogen-bond acceptors (Lipinski definition) is 3. The fourth-order valence-electron chi connectivity index (χ4n) is 4.47. The zero-order chi connectivity index (χ0) is 21.7. The van der Waals surface area contributed by atoms with Gasteiger partial charge in [0.15, 0.2) is 0 Å². The van der Waals surface area contributed by atoms with Crippen LogP contribution in [-0.2, 0) is 0 Å². The van der Waals surface area contributed by atoms with Crippen LogP contribution in [0.3, 0.4) is 0 Å². The number of carbonyl (C=O) groups excluding carboxylic acids is 1. The van der Waals surface area contributed by atoms with Gasteiger partial charge in [-0.2, -0.15) is 0 Å². The molecule has 1 saturated carbocycles. The molecule has 1 aliphatic carbocycles. The SMILES string of the molecule is CC(C)(C)NC(=O)N[C@H]1CC[C@H](CCN2CCN(c3cccc(Cl)c3Cl)CC2)CC1. The van der Waals surface area contributed by atoms with Crippen molar-refractivity contribution in [3.05, 3.63) is 28.2 Å². The van der Waals surface area contributed by atoms with Gasteiger partial charge >= 0.3 is 6.03 Å². The Kier molecular flexibility index (Phi) is 8.17. The molecule has 0 bridgehead atoms. The normalized spacial score (nSPS) is 23.3. The van der Waals surface area contributed by atoms with Crippen LogP contribution in [0.2, 0.25) is 10.0 Å². The third-order valence-corrected chi connectivity index (χ3v) is 6.98. The van der Waals surface area contributed by atoms with Crippen molar-refractivity contribution in [2.24, 2.45) is 5.92 Å². The monoisotopic (exact) mass is 454 g/mol. The predicted molar refractivity (Wildman–Crippen MR) is 127 cm³/mol. The van der Waals surface area contributed by atoms with Crippen molar-refractivity contribution >= 4 is 34.9 Å². The smallest absolute Gasteiger partial charge is 0.315 e. The summed E-state index contributed by atoms with van der Waals surface area (Å²) in [6.45, 7) is 11.3. The van der Waals surface area contributed by atoms with Crippen molar-refractivity contribution in [2.45, 2.75) is 64.5 Å². The quantitative estimate of drug-likeness (QED) is 0.645. The van der Waals surface area contributed by atoms with Gasteiger partial charge in [0, 0.05) is 37.8 Å². The Morgan fingerprint density at radius 2 is 1.73 bits per heavy atom. The molecule has 0 radical (unpaired) electrons. The van der Waals surface area contributed by atoms with Gasteiger partial charge in [0.25, 0.3) is 0 Å². The second-order valence-electron chi connectivity index (χ2n) is 9.76. The number of urea groups is 1. The Morgan fingerprint density at radius 3 is 2.37 bits per heavy atom. The zero-order valence-electron chi connectivity index (χ0n) is 18.5. The lowest BCUT2D eigenvalue weighted by molar-refractivity contribution is 0.202. The average Bonchev–Trinajstić information content (AvgIpc) is 2.69. The Hall–Kier alpha value is -1.17. The van der Waals surface area contributed by atoms with Crippen molar-refractivity contribution < 1.29 is 4.79 Å². The Morgan fingerprint density at radius 1 is 1.07 bits per heavy atom. The Labute approximate surface area is 191 Å². The van der Waals surface area contributed by atoms with Crippen LogP contribution in [0, 0.1) is 5.92 Å². The zero-order valence-corrected chi connectivity index (χ0v) is 20.0. The number of carbonyl (C=O) groups is 1. The van der Waals surface area contributed by atoms with Gasteiger partial charge in [0.1, 0.15) is 0 Å². The maximum Gasteiger partial charge on any atom is 0.315 e. The second kappa shape index (κ2) is 10.4. The van der Waals surface area contributed by atoms with Gasteiger partial charge in [-0.1, -0.05) is 29.3 Å². The standard InChI is InChI=1S/C23H36Cl2N4O/c1-23(2,3)27-22(30)26-18-9-7-17(8-10-18)11-12-28-13-15-29(16-14-28)20-6-4-5-19(24)21(20)25/h4-6,17-18H,7-16H2,1-3H3,(H2,26,27,30)/t17-,18-. The largest absolute Gasteiger partial charge is 0.368 e. The minimum absolute atomic E-state index is 0.0383. The van der Waals surface area contributed by atoms with E-state index in [2.05, 4.69) is 26.5 Å². The summed E-state index contributed by atoms with van der Waals surface area (Å²) in [4.78, 5) is 17.0.